The normalized spacial score (nSPS) is 11.0. The van der Waals surface area contributed by atoms with Crippen molar-refractivity contribution in [3.8, 4) is 10.6 Å². The second kappa shape index (κ2) is 9.28. The summed E-state index contributed by atoms with van der Waals surface area (Å²) in [5.74, 6) is -0.242. The molecule has 1 amide bonds. The summed E-state index contributed by atoms with van der Waals surface area (Å²) < 4.78 is 0. The van der Waals surface area contributed by atoms with Gasteiger partial charge in [0.1, 0.15) is 9.88 Å². The van der Waals surface area contributed by atoms with Crippen molar-refractivity contribution in [2.75, 3.05) is 18.0 Å². The number of thiazole rings is 1. The van der Waals surface area contributed by atoms with E-state index in [1.165, 1.54) is 17.0 Å². The first-order valence-corrected chi connectivity index (χ1v) is 10.1. The highest BCUT2D eigenvalue weighted by Crippen LogP contribution is 2.27. The Morgan fingerprint density at radius 1 is 1.11 bits per heavy atom. The van der Waals surface area contributed by atoms with Crippen molar-refractivity contribution in [1.82, 2.24) is 10.4 Å². The minimum absolute atomic E-state index is 0.242. The lowest BCUT2D eigenvalue weighted by atomic mass is 10.2. The van der Waals surface area contributed by atoms with E-state index in [9.17, 15) is 4.79 Å². The van der Waals surface area contributed by atoms with E-state index in [1.807, 2.05) is 49.4 Å². The monoisotopic (exact) mass is 392 g/mol. The number of carbonyl (C=O) groups is 1. The molecule has 0 aliphatic carbocycles. The standard InChI is InChI=1S/C22H24N4OS/c1-4-26(5-2)19-13-11-17(12-14-19)15-23-25-21(27)20-16(3)24-22(28-20)18-9-7-6-8-10-18/h6-15H,4-5H2,1-3H3,(H,25,27)/b23-15+. The molecule has 0 radical (unpaired) electrons. The zero-order valence-corrected chi connectivity index (χ0v) is 17.2. The van der Waals surface area contributed by atoms with Gasteiger partial charge in [-0.15, -0.1) is 11.3 Å². The second-order valence-electron chi connectivity index (χ2n) is 6.26. The molecule has 1 aromatic heterocycles. The van der Waals surface area contributed by atoms with Crippen LogP contribution in [0.25, 0.3) is 10.6 Å². The van der Waals surface area contributed by atoms with Gasteiger partial charge in [0.05, 0.1) is 11.9 Å². The third-order valence-electron chi connectivity index (χ3n) is 4.42. The number of aromatic nitrogens is 1. The number of rotatable bonds is 7. The van der Waals surface area contributed by atoms with Crippen molar-refractivity contribution in [2.45, 2.75) is 20.8 Å². The predicted molar refractivity (Wildman–Crippen MR) is 117 cm³/mol. The Hall–Kier alpha value is -2.99. The average Bonchev–Trinajstić information content (AvgIpc) is 3.12. The van der Waals surface area contributed by atoms with Crippen LogP contribution in [0.3, 0.4) is 0 Å². The maximum Gasteiger partial charge on any atom is 0.283 e. The topological polar surface area (TPSA) is 57.6 Å². The van der Waals surface area contributed by atoms with Gasteiger partial charge in [-0.1, -0.05) is 42.5 Å². The van der Waals surface area contributed by atoms with Gasteiger partial charge in [0.15, 0.2) is 0 Å². The van der Waals surface area contributed by atoms with Crippen molar-refractivity contribution in [1.29, 1.82) is 0 Å². The van der Waals surface area contributed by atoms with E-state index < -0.39 is 0 Å². The zero-order chi connectivity index (χ0) is 19.9. The fraction of sp³-hybridized carbons (Fsp3) is 0.227. The Balaban J connectivity index is 1.65. The van der Waals surface area contributed by atoms with Crippen molar-refractivity contribution < 1.29 is 4.79 Å². The Bertz CT molecular complexity index is 944. The third kappa shape index (κ3) is 4.64. The molecular weight excluding hydrogens is 368 g/mol. The van der Waals surface area contributed by atoms with Crippen LogP contribution in [0.2, 0.25) is 0 Å². The summed E-state index contributed by atoms with van der Waals surface area (Å²) in [7, 11) is 0. The molecule has 0 unspecified atom stereocenters. The molecule has 6 heteroatoms. The second-order valence-corrected chi connectivity index (χ2v) is 7.26. The molecule has 0 fully saturated rings. The number of aryl methyl sites for hydroxylation is 1. The molecule has 28 heavy (non-hydrogen) atoms. The first-order chi connectivity index (χ1) is 13.6. The van der Waals surface area contributed by atoms with Gasteiger partial charge in [0.2, 0.25) is 0 Å². The molecule has 0 spiro atoms. The highest BCUT2D eigenvalue weighted by Gasteiger charge is 2.15. The van der Waals surface area contributed by atoms with Gasteiger partial charge >= 0.3 is 0 Å². The molecule has 144 valence electrons. The van der Waals surface area contributed by atoms with Gasteiger partial charge in [0, 0.05) is 24.3 Å². The SMILES string of the molecule is CCN(CC)c1ccc(/C=N/NC(=O)c2sc(-c3ccccc3)nc2C)cc1. The maximum atomic E-state index is 12.5. The fourth-order valence-corrected chi connectivity index (χ4v) is 3.85. The molecule has 3 rings (SSSR count). The molecule has 0 aliphatic rings. The lowest BCUT2D eigenvalue weighted by Gasteiger charge is -2.20. The van der Waals surface area contributed by atoms with Crippen molar-refractivity contribution in [3.05, 3.63) is 70.7 Å². The van der Waals surface area contributed by atoms with Gasteiger partial charge in [-0.3, -0.25) is 4.79 Å². The summed E-state index contributed by atoms with van der Waals surface area (Å²) in [5.41, 5.74) is 6.43. The van der Waals surface area contributed by atoms with E-state index in [0.29, 0.717) is 10.6 Å². The zero-order valence-electron chi connectivity index (χ0n) is 16.3. The summed E-state index contributed by atoms with van der Waals surface area (Å²) in [4.78, 5) is 19.8. The number of hydrazone groups is 1. The highest BCUT2D eigenvalue weighted by molar-refractivity contribution is 7.17. The van der Waals surface area contributed by atoms with Crippen LogP contribution in [-0.2, 0) is 0 Å². The maximum absolute atomic E-state index is 12.5. The lowest BCUT2D eigenvalue weighted by molar-refractivity contribution is 0.0958. The van der Waals surface area contributed by atoms with Gasteiger partial charge in [-0.05, 0) is 38.5 Å². The Kier molecular flexibility index (Phi) is 6.55. The molecule has 0 saturated carbocycles. The Morgan fingerprint density at radius 2 is 1.79 bits per heavy atom. The first-order valence-electron chi connectivity index (χ1n) is 9.33. The molecule has 0 atom stereocenters. The summed E-state index contributed by atoms with van der Waals surface area (Å²) >= 11 is 1.37. The Morgan fingerprint density at radius 3 is 2.43 bits per heavy atom. The van der Waals surface area contributed by atoms with Crippen LogP contribution >= 0.6 is 11.3 Å². The van der Waals surface area contributed by atoms with Gasteiger partial charge in [-0.25, -0.2) is 10.4 Å². The molecule has 2 aromatic carbocycles. The molecule has 1 N–H and O–H groups in total. The van der Waals surface area contributed by atoms with Crippen LogP contribution in [0.15, 0.2) is 59.7 Å². The number of carbonyl (C=O) groups excluding carboxylic acids is 1. The van der Waals surface area contributed by atoms with E-state index in [2.05, 4.69) is 46.4 Å². The largest absolute Gasteiger partial charge is 0.372 e. The molecule has 1 heterocycles. The first kappa shape index (κ1) is 19.8. The fourth-order valence-electron chi connectivity index (χ4n) is 2.89. The number of amides is 1. The van der Waals surface area contributed by atoms with Crippen molar-refractivity contribution in [2.24, 2.45) is 5.10 Å². The van der Waals surface area contributed by atoms with Crippen LogP contribution in [-0.4, -0.2) is 30.2 Å². The average molecular weight is 393 g/mol. The van der Waals surface area contributed by atoms with E-state index >= 15 is 0 Å². The lowest BCUT2D eigenvalue weighted by Crippen LogP contribution is -2.21. The van der Waals surface area contributed by atoms with Crippen LogP contribution in [0.5, 0.6) is 0 Å². The summed E-state index contributed by atoms with van der Waals surface area (Å²) in [6.07, 6.45) is 1.65. The van der Waals surface area contributed by atoms with Gasteiger partial charge in [0.25, 0.3) is 5.91 Å². The highest BCUT2D eigenvalue weighted by atomic mass is 32.1. The van der Waals surface area contributed by atoms with Crippen LogP contribution in [0, 0.1) is 6.92 Å². The van der Waals surface area contributed by atoms with E-state index in [0.717, 1.165) is 29.2 Å². The molecule has 0 aliphatic heterocycles. The number of anilines is 1. The predicted octanol–water partition coefficient (Wildman–Crippen LogP) is 4.73. The van der Waals surface area contributed by atoms with Crippen LogP contribution in [0.1, 0.15) is 34.8 Å². The van der Waals surface area contributed by atoms with E-state index in [-0.39, 0.29) is 5.91 Å². The minimum Gasteiger partial charge on any atom is -0.372 e. The molecule has 0 bridgehead atoms. The number of nitrogens with one attached hydrogen (secondary N) is 1. The molecule has 3 aromatic rings. The number of hydrogen-bond donors (Lipinski definition) is 1. The molecule has 0 saturated heterocycles. The number of nitrogens with zero attached hydrogens (tertiary/aromatic N) is 3. The van der Waals surface area contributed by atoms with E-state index in [4.69, 9.17) is 0 Å². The smallest absolute Gasteiger partial charge is 0.283 e. The van der Waals surface area contributed by atoms with E-state index in [1.54, 1.807) is 6.21 Å². The summed E-state index contributed by atoms with van der Waals surface area (Å²) in [6.45, 7) is 8.06. The number of benzene rings is 2. The Labute approximate surface area is 169 Å². The van der Waals surface area contributed by atoms with Crippen molar-refractivity contribution >= 4 is 29.1 Å². The molecule has 5 nitrogen and oxygen atoms in total. The molecular formula is C22H24N4OS. The quantitative estimate of drug-likeness (QED) is 0.467. The van der Waals surface area contributed by atoms with Crippen molar-refractivity contribution in [3.63, 3.8) is 0 Å². The van der Waals surface area contributed by atoms with Crippen LogP contribution in [0.4, 0.5) is 5.69 Å². The van der Waals surface area contributed by atoms with Gasteiger partial charge in [-0.2, -0.15) is 5.10 Å². The summed E-state index contributed by atoms with van der Waals surface area (Å²) in [5, 5.41) is 4.93. The minimum atomic E-state index is -0.242. The number of hydrogen-bond acceptors (Lipinski definition) is 5. The third-order valence-corrected chi connectivity index (χ3v) is 5.63. The van der Waals surface area contributed by atoms with Crippen LogP contribution < -0.4 is 10.3 Å². The van der Waals surface area contributed by atoms with Gasteiger partial charge < -0.3 is 4.90 Å². The summed E-state index contributed by atoms with van der Waals surface area (Å²) in [6, 6.07) is 18.0.